The molecule has 1 heteroatoms. The van der Waals surface area contributed by atoms with Crippen molar-refractivity contribution >= 4 is 0 Å². The van der Waals surface area contributed by atoms with Gasteiger partial charge in [-0.2, -0.15) is 0 Å². The Balaban J connectivity index is 3.21. The molecule has 1 nitrogen and oxygen atoms in total. The van der Waals surface area contributed by atoms with Crippen LogP contribution in [0.15, 0.2) is 0 Å². The molecule has 0 aliphatic rings. The average Bonchev–Trinajstić information content (AvgIpc) is 1.97. The second kappa shape index (κ2) is 6.64. The van der Waals surface area contributed by atoms with Crippen molar-refractivity contribution in [3.05, 3.63) is 0 Å². The molecule has 0 heterocycles. The molecule has 0 atom stereocenters. The van der Waals surface area contributed by atoms with Gasteiger partial charge in [0.05, 0.1) is 6.54 Å². The van der Waals surface area contributed by atoms with Crippen molar-refractivity contribution in [1.82, 2.24) is 4.90 Å². The first kappa shape index (κ1) is 9.52. The molecule has 58 valence electrons. The van der Waals surface area contributed by atoms with Crippen LogP contribution >= 0.6 is 0 Å². The topological polar surface area (TPSA) is 3.24 Å². The Labute approximate surface area is 64.4 Å². The summed E-state index contributed by atoms with van der Waals surface area (Å²) in [5.41, 5.74) is 0. The first-order valence-electron chi connectivity index (χ1n) is 3.89. The van der Waals surface area contributed by atoms with Crippen molar-refractivity contribution in [2.24, 2.45) is 0 Å². The molecule has 0 aromatic carbocycles. The Morgan fingerprint density at radius 2 is 2.10 bits per heavy atom. The molecule has 0 amide bonds. The first-order chi connectivity index (χ1) is 4.81. The Kier molecular flexibility index (Phi) is 6.32. The molecule has 0 bridgehead atoms. The van der Waals surface area contributed by atoms with E-state index in [-0.39, 0.29) is 0 Å². The number of hydrogen-bond donors (Lipinski definition) is 0. The van der Waals surface area contributed by atoms with Gasteiger partial charge in [0.25, 0.3) is 0 Å². The van der Waals surface area contributed by atoms with Crippen molar-refractivity contribution < 1.29 is 0 Å². The fourth-order valence-electron chi connectivity index (χ4n) is 0.721. The van der Waals surface area contributed by atoms with E-state index in [1.54, 1.807) is 0 Å². The lowest BCUT2D eigenvalue weighted by atomic mass is 10.3. The van der Waals surface area contributed by atoms with Crippen LogP contribution in [-0.2, 0) is 0 Å². The highest BCUT2D eigenvalue weighted by atomic mass is 15.1. The highest BCUT2D eigenvalue weighted by Gasteiger charge is 1.91. The number of unbranched alkanes of at least 4 members (excludes halogenated alkanes) is 1. The minimum atomic E-state index is 0.913. The number of nitrogens with zero attached hydrogens (tertiary/aromatic N) is 1. The molecule has 0 aliphatic carbocycles. The second-order valence-corrected chi connectivity index (χ2v) is 2.52. The van der Waals surface area contributed by atoms with Crippen LogP contribution in [0, 0.1) is 11.8 Å². The third kappa shape index (κ3) is 5.65. The van der Waals surface area contributed by atoms with E-state index in [1.165, 1.54) is 19.4 Å². The highest BCUT2D eigenvalue weighted by Crippen LogP contribution is 1.89. The second-order valence-electron chi connectivity index (χ2n) is 2.52. The third-order valence-electron chi connectivity index (χ3n) is 1.42. The van der Waals surface area contributed by atoms with E-state index in [4.69, 9.17) is 0 Å². The van der Waals surface area contributed by atoms with E-state index in [2.05, 4.69) is 30.7 Å². The van der Waals surface area contributed by atoms with Gasteiger partial charge in [0.15, 0.2) is 0 Å². The van der Waals surface area contributed by atoms with E-state index >= 15 is 0 Å². The molecule has 0 aromatic heterocycles. The third-order valence-corrected chi connectivity index (χ3v) is 1.42. The van der Waals surface area contributed by atoms with E-state index in [9.17, 15) is 0 Å². The fraction of sp³-hybridized carbons (Fsp3) is 0.778. The van der Waals surface area contributed by atoms with Crippen LogP contribution < -0.4 is 0 Å². The van der Waals surface area contributed by atoms with Crippen LogP contribution in [0.4, 0.5) is 0 Å². The van der Waals surface area contributed by atoms with Gasteiger partial charge in [-0.1, -0.05) is 19.3 Å². The van der Waals surface area contributed by atoms with Gasteiger partial charge in [-0.3, -0.25) is 4.90 Å². The molecule has 0 unspecified atom stereocenters. The van der Waals surface area contributed by atoms with Crippen LogP contribution in [0.3, 0.4) is 0 Å². The van der Waals surface area contributed by atoms with E-state index in [0.717, 1.165) is 6.54 Å². The standard InChI is InChI=1S/C9H17N/c1-4-6-8-10(3)9-7-5-2/h4,6,8-9H2,1-3H3. The minimum Gasteiger partial charge on any atom is -0.295 e. The van der Waals surface area contributed by atoms with Crippen LogP contribution in [0.1, 0.15) is 26.7 Å². The van der Waals surface area contributed by atoms with Gasteiger partial charge in [-0.15, -0.1) is 5.92 Å². The summed E-state index contributed by atoms with van der Waals surface area (Å²) in [6.07, 6.45) is 2.55. The zero-order chi connectivity index (χ0) is 7.82. The molecule has 10 heavy (non-hydrogen) atoms. The van der Waals surface area contributed by atoms with Gasteiger partial charge in [0.2, 0.25) is 0 Å². The summed E-state index contributed by atoms with van der Waals surface area (Å²) in [6, 6.07) is 0. The maximum Gasteiger partial charge on any atom is 0.0598 e. The van der Waals surface area contributed by atoms with Gasteiger partial charge in [0, 0.05) is 0 Å². The zero-order valence-electron chi connectivity index (χ0n) is 7.28. The largest absolute Gasteiger partial charge is 0.295 e. The average molecular weight is 139 g/mol. The number of hydrogen-bond acceptors (Lipinski definition) is 1. The summed E-state index contributed by atoms with van der Waals surface area (Å²) in [7, 11) is 2.11. The predicted octanol–water partition coefficient (Wildman–Crippen LogP) is 1.74. The van der Waals surface area contributed by atoms with Crippen LogP contribution in [0.5, 0.6) is 0 Å². The van der Waals surface area contributed by atoms with E-state index in [0.29, 0.717) is 0 Å². The summed E-state index contributed by atoms with van der Waals surface area (Å²) < 4.78 is 0. The molecule has 0 aromatic rings. The molecule has 0 radical (unpaired) electrons. The minimum absolute atomic E-state index is 0.913. The summed E-state index contributed by atoms with van der Waals surface area (Å²) in [6.45, 7) is 6.18. The summed E-state index contributed by atoms with van der Waals surface area (Å²) in [5.74, 6) is 5.92. The Morgan fingerprint density at radius 3 is 2.60 bits per heavy atom. The SMILES string of the molecule is CC#CCN(C)CCCC. The van der Waals surface area contributed by atoms with Crippen LogP contribution in [-0.4, -0.2) is 25.0 Å². The van der Waals surface area contributed by atoms with Gasteiger partial charge in [0.1, 0.15) is 0 Å². The smallest absolute Gasteiger partial charge is 0.0598 e. The Hall–Kier alpha value is -0.480. The highest BCUT2D eigenvalue weighted by molar-refractivity contribution is 4.97. The summed E-state index contributed by atoms with van der Waals surface area (Å²) >= 11 is 0. The predicted molar refractivity (Wildman–Crippen MR) is 45.9 cm³/mol. The molecule has 0 aliphatic heterocycles. The lowest BCUT2D eigenvalue weighted by molar-refractivity contribution is 0.367. The quantitative estimate of drug-likeness (QED) is 0.536. The summed E-state index contributed by atoms with van der Waals surface area (Å²) in [4.78, 5) is 2.25. The molecular formula is C9H17N. The first-order valence-corrected chi connectivity index (χ1v) is 3.89. The van der Waals surface area contributed by atoms with Crippen molar-refractivity contribution in [1.29, 1.82) is 0 Å². The number of rotatable bonds is 4. The van der Waals surface area contributed by atoms with Crippen molar-refractivity contribution in [2.45, 2.75) is 26.7 Å². The van der Waals surface area contributed by atoms with Crippen molar-refractivity contribution in [3.63, 3.8) is 0 Å². The Morgan fingerprint density at radius 1 is 1.40 bits per heavy atom. The van der Waals surface area contributed by atoms with Crippen molar-refractivity contribution in [3.8, 4) is 11.8 Å². The van der Waals surface area contributed by atoms with E-state index in [1.807, 2.05) is 6.92 Å². The lowest BCUT2D eigenvalue weighted by Crippen LogP contribution is -2.19. The zero-order valence-corrected chi connectivity index (χ0v) is 7.28. The molecule has 0 rings (SSSR count). The molecule has 0 saturated carbocycles. The maximum absolute atomic E-state index is 3.03. The molecule has 0 saturated heterocycles. The van der Waals surface area contributed by atoms with Crippen LogP contribution in [0.25, 0.3) is 0 Å². The van der Waals surface area contributed by atoms with Gasteiger partial charge in [-0.25, -0.2) is 0 Å². The Bertz CT molecular complexity index is 118. The monoisotopic (exact) mass is 139 g/mol. The van der Waals surface area contributed by atoms with E-state index < -0.39 is 0 Å². The van der Waals surface area contributed by atoms with Crippen LogP contribution in [0.2, 0.25) is 0 Å². The van der Waals surface area contributed by atoms with Gasteiger partial charge < -0.3 is 0 Å². The van der Waals surface area contributed by atoms with Gasteiger partial charge in [-0.05, 0) is 26.9 Å². The molecule has 0 spiro atoms. The normalized spacial score (nSPS) is 9.20. The van der Waals surface area contributed by atoms with Gasteiger partial charge >= 0.3 is 0 Å². The molecular weight excluding hydrogens is 122 g/mol. The lowest BCUT2D eigenvalue weighted by Gasteiger charge is -2.11. The maximum atomic E-state index is 3.03. The molecule has 0 N–H and O–H groups in total. The van der Waals surface area contributed by atoms with Crippen molar-refractivity contribution in [2.75, 3.05) is 20.1 Å². The summed E-state index contributed by atoms with van der Waals surface area (Å²) in [5, 5.41) is 0. The molecule has 0 fully saturated rings. The fourth-order valence-corrected chi connectivity index (χ4v) is 0.721.